The molecular weight excluding hydrogens is 636 g/mol. The van der Waals surface area contributed by atoms with Gasteiger partial charge in [0.15, 0.2) is 0 Å². The minimum atomic E-state index is -4.33. The first-order chi connectivity index (χ1) is 21.5. The van der Waals surface area contributed by atoms with Crippen LogP contribution in [0, 0.1) is 5.82 Å². The Morgan fingerprint density at radius 2 is 1.49 bits per heavy atom. The van der Waals surface area contributed by atoms with Crippen LogP contribution in [-0.4, -0.2) is 43.8 Å². The summed E-state index contributed by atoms with van der Waals surface area (Å²) in [5, 5.41) is 3.19. The quantitative estimate of drug-likeness (QED) is 0.168. The van der Waals surface area contributed by atoms with Crippen LogP contribution in [0.4, 0.5) is 10.1 Å². The molecule has 0 saturated carbocycles. The number of hydrogen-bond acceptors (Lipinski definition) is 4. The van der Waals surface area contributed by atoms with Crippen molar-refractivity contribution < 1.29 is 22.4 Å². The van der Waals surface area contributed by atoms with Crippen LogP contribution in [0.5, 0.6) is 0 Å². The average molecular weight is 671 g/mol. The Kier molecular flexibility index (Phi) is 11.6. The highest BCUT2D eigenvalue weighted by molar-refractivity contribution is 7.92. The summed E-state index contributed by atoms with van der Waals surface area (Å²) in [6, 6.07) is 26.0. The van der Waals surface area contributed by atoms with Gasteiger partial charge < -0.3 is 10.2 Å². The molecule has 0 saturated heterocycles. The number of rotatable bonds is 13. The Morgan fingerprint density at radius 1 is 0.867 bits per heavy atom. The lowest BCUT2D eigenvalue weighted by atomic mass is 10.0. The van der Waals surface area contributed by atoms with Gasteiger partial charge in [0, 0.05) is 24.0 Å². The second-order valence-corrected chi connectivity index (χ2v) is 13.3. The van der Waals surface area contributed by atoms with Crippen LogP contribution in [-0.2, 0) is 32.6 Å². The lowest BCUT2D eigenvalue weighted by Crippen LogP contribution is -2.54. The zero-order valence-electron chi connectivity index (χ0n) is 24.9. The standard InChI is InChI=1S/C34H34Cl2FN3O4S/c1-3-24(2)38-34(42)32(20-25-10-6-4-7-11-25)39(22-26-14-16-27(35)17-15-26)33(41)23-40(28-18-19-31(37)30(36)21-28)45(43,44)29-12-8-5-9-13-29/h4-19,21,24,32H,3,20,22-23H2,1-2H3,(H,38,42)/t24-,32-/m1/s1. The molecular formula is C34H34Cl2FN3O4S. The van der Waals surface area contributed by atoms with Crippen LogP contribution < -0.4 is 9.62 Å². The number of carbonyl (C=O) groups is 2. The fourth-order valence-electron chi connectivity index (χ4n) is 4.67. The molecule has 0 aromatic heterocycles. The Labute approximate surface area is 273 Å². The second-order valence-electron chi connectivity index (χ2n) is 10.6. The van der Waals surface area contributed by atoms with Gasteiger partial charge in [-0.25, -0.2) is 12.8 Å². The van der Waals surface area contributed by atoms with Gasteiger partial charge in [0.1, 0.15) is 18.4 Å². The number of anilines is 1. The number of sulfonamides is 1. The molecule has 0 spiro atoms. The number of carbonyl (C=O) groups excluding carboxylic acids is 2. The minimum Gasteiger partial charge on any atom is -0.352 e. The van der Waals surface area contributed by atoms with E-state index in [0.29, 0.717) is 17.0 Å². The molecule has 0 bridgehead atoms. The molecule has 236 valence electrons. The van der Waals surface area contributed by atoms with Gasteiger partial charge in [-0.2, -0.15) is 0 Å². The highest BCUT2D eigenvalue weighted by atomic mass is 35.5. The molecule has 1 N–H and O–H groups in total. The van der Waals surface area contributed by atoms with E-state index in [0.717, 1.165) is 22.0 Å². The summed E-state index contributed by atoms with van der Waals surface area (Å²) in [4.78, 5) is 29.6. The second kappa shape index (κ2) is 15.4. The molecule has 0 heterocycles. The smallest absolute Gasteiger partial charge is 0.264 e. The Balaban J connectivity index is 1.81. The zero-order valence-corrected chi connectivity index (χ0v) is 27.2. The number of amides is 2. The molecule has 2 atom stereocenters. The number of nitrogens with zero attached hydrogens (tertiary/aromatic N) is 2. The predicted molar refractivity (Wildman–Crippen MR) is 176 cm³/mol. The highest BCUT2D eigenvalue weighted by Crippen LogP contribution is 2.28. The van der Waals surface area contributed by atoms with E-state index in [1.54, 1.807) is 42.5 Å². The molecule has 4 aromatic rings. The zero-order chi connectivity index (χ0) is 32.6. The number of halogens is 3. The van der Waals surface area contributed by atoms with E-state index < -0.39 is 34.3 Å². The van der Waals surface area contributed by atoms with Gasteiger partial charge in [-0.15, -0.1) is 0 Å². The molecule has 0 aliphatic carbocycles. The third-order valence-electron chi connectivity index (χ3n) is 7.34. The summed E-state index contributed by atoms with van der Waals surface area (Å²) in [6.45, 7) is 3.11. The van der Waals surface area contributed by atoms with Gasteiger partial charge in [0.05, 0.1) is 15.6 Å². The summed E-state index contributed by atoms with van der Waals surface area (Å²) in [6.07, 6.45) is 0.847. The molecule has 0 aliphatic rings. The number of nitrogens with one attached hydrogen (secondary N) is 1. The van der Waals surface area contributed by atoms with Crippen LogP contribution >= 0.6 is 23.2 Å². The molecule has 11 heteroatoms. The van der Waals surface area contributed by atoms with E-state index in [-0.39, 0.29) is 40.5 Å². The molecule has 4 rings (SSSR count). The van der Waals surface area contributed by atoms with Crippen LogP contribution in [0.3, 0.4) is 0 Å². The molecule has 0 aliphatic heterocycles. The lowest BCUT2D eigenvalue weighted by Gasteiger charge is -2.34. The van der Waals surface area contributed by atoms with E-state index in [1.165, 1.54) is 23.1 Å². The molecule has 0 fully saturated rings. The third-order valence-corrected chi connectivity index (χ3v) is 9.67. The van der Waals surface area contributed by atoms with Crippen molar-refractivity contribution in [2.45, 2.75) is 50.2 Å². The minimum absolute atomic E-state index is 0.00582. The predicted octanol–water partition coefficient (Wildman–Crippen LogP) is 6.88. The summed E-state index contributed by atoms with van der Waals surface area (Å²) in [5.41, 5.74) is 1.49. The normalized spacial score (nSPS) is 12.6. The van der Waals surface area contributed by atoms with Crippen LogP contribution in [0.25, 0.3) is 0 Å². The topological polar surface area (TPSA) is 86.8 Å². The Hall–Kier alpha value is -3.92. The largest absolute Gasteiger partial charge is 0.352 e. The fourth-order valence-corrected chi connectivity index (χ4v) is 6.40. The Morgan fingerprint density at radius 3 is 2.09 bits per heavy atom. The maximum absolute atomic E-state index is 14.4. The van der Waals surface area contributed by atoms with Crippen molar-refractivity contribution in [3.8, 4) is 0 Å². The van der Waals surface area contributed by atoms with Gasteiger partial charge in [-0.1, -0.05) is 90.8 Å². The average Bonchev–Trinajstić information content (AvgIpc) is 3.04. The van der Waals surface area contributed by atoms with Gasteiger partial charge in [-0.05, 0) is 66.9 Å². The first kappa shape index (κ1) is 34.0. The van der Waals surface area contributed by atoms with Gasteiger partial charge in [0.2, 0.25) is 11.8 Å². The first-order valence-electron chi connectivity index (χ1n) is 14.4. The molecule has 0 radical (unpaired) electrons. The molecule has 0 unspecified atom stereocenters. The molecule has 2 amide bonds. The lowest BCUT2D eigenvalue weighted by molar-refractivity contribution is -0.140. The first-order valence-corrected chi connectivity index (χ1v) is 16.6. The van der Waals surface area contributed by atoms with Crippen LogP contribution in [0.2, 0.25) is 10.0 Å². The van der Waals surface area contributed by atoms with Gasteiger partial charge >= 0.3 is 0 Å². The van der Waals surface area contributed by atoms with E-state index in [4.69, 9.17) is 23.2 Å². The van der Waals surface area contributed by atoms with E-state index >= 15 is 0 Å². The van der Waals surface area contributed by atoms with Crippen molar-refractivity contribution in [2.24, 2.45) is 0 Å². The van der Waals surface area contributed by atoms with Crippen LogP contribution in [0.15, 0.2) is 108 Å². The molecule has 7 nitrogen and oxygen atoms in total. The molecule has 45 heavy (non-hydrogen) atoms. The van der Waals surface area contributed by atoms with E-state index in [9.17, 15) is 22.4 Å². The van der Waals surface area contributed by atoms with Crippen molar-refractivity contribution in [3.05, 3.63) is 130 Å². The maximum atomic E-state index is 14.4. The Bertz CT molecular complexity index is 1710. The summed E-state index contributed by atoms with van der Waals surface area (Å²) >= 11 is 12.2. The number of benzene rings is 4. The van der Waals surface area contributed by atoms with Crippen molar-refractivity contribution >= 4 is 50.7 Å². The monoisotopic (exact) mass is 669 g/mol. The third kappa shape index (κ3) is 8.84. The van der Waals surface area contributed by atoms with Crippen molar-refractivity contribution in [3.63, 3.8) is 0 Å². The highest BCUT2D eigenvalue weighted by Gasteiger charge is 2.35. The fraction of sp³-hybridized carbons (Fsp3) is 0.235. The molecule has 4 aromatic carbocycles. The van der Waals surface area contributed by atoms with Gasteiger partial charge in [-0.3, -0.25) is 13.9 Å². The van der Waals surface area contributed by atoms with Crippen LogP contribution in [0.1, 0.15) is 31.4 Å². The van der Waals surface area contributed by atoms with Gasteiger partial charge in [0.25, 0.3) is 10.0 Å². The summed E-state index contributed by atoms with van der Waals surface area (Å²) < 4.78 is 43.0. The summed E-state index contributed by atoms with van der Waals surface area (Å²) in [5.74, 6) is -1.76. The number of hydrogen-bond donors (Lipinski definition) is 1. The van der Waals surface area contributed by atoms with Crippen molar-refractivity contribution in [1.29, 1.82) is 0 Å². The van der Waals surface area contributed by atoms with E-state index in [2.05, 4.69) is 5.32 Å². The van der Waals surface area contributed by atoms with Crippen molar-refractivity contribution in [1.82, 2.24) is 10.2 Å². The van der Waals surface area contributed by atoms with Crippen molar-refractivity contribution in [2.75, 3.05) is 10.8 Å². The maximum Gasteiger partial charge on any atom is 0.264 e. The SMILES string of the molecule is CC[C@@H](C)NC(=O)[C@@H](Cc1ccccc1)N(Cc1ccc(Cl)cc1)C(=O)CN(c1ccc(F)c(Cl)c1)S(=O)(=O)c1ccccc1. The van der Waals surface area contributed by atoms with E-state index in [1.807, 2.05) is 44.2 Å². The summed E-state index contributed by atoms with van der Waals surface area (Å²) in [7, 11) is -4.33.